The van der Waals surface area contributed by atoms with Crippen molar-refractivity contribution >= 4 is 39.5 Å². The number of nitrogens with zero attached hydrogens (tertiary/aromatic N) is 1. The first-order chi connectivity index (χ1) is 13.5. The van der Waals surface area contributed by atoms with Gasteiger partial charge < -0.3 is 4.74 Å². The van der Waals surface area contributed by atoms with Gasteiger partial charge in [-0.3, -0.25) is 24.1 Å². The monoisotopic (exact) mass is 443 g/mol. The molecule has 6 atom stereocenters. The van der Waals surface area contributed by atoms with Gasteiger partial charge in [-0.15, -0.1) is 0 Å². The summed E-state index contributed by atoms with van der Waals surface area (Å²) in [6.07, 6.45) is 5.27. The van der Waals surface area contributed by atoms with Gasteiger partial charge in [0.2, 0.25) is 11.8 Å². The third kappa shape index (κ3) is 2.67. The molecule has 1 aromatic carbocycles. The van der Waals surface area contributed by atoms with Crippen LogP contribution in [0, 0.1) is 35.5 Å². The summed E-state index contributed by atoms with van der Waals surface area (Å²) < 4.78 is 5.88. The summed E-state index contributed by atoms with van der Waals surface area (Å²) >= 11 is 3.29. The highest BCUT2D eigenvalue weighted by atomic mass is 79.9. The van der Waals surface area contributed by atoms with E-state index in [-0.39, 0.29) is 41.3 Å². The van der Waals surface area contributed by atoms with Crippen LogP contribution in [0.2, 0.25) is 0 Å². The lowest BCUT2D eigenvalue weighted by atomic mass is 9.63. The molecule has 6 nitrogen and oxygen atoms in total. The van der Waals surface area contributed by atoms with Crippen molar-refractivity contribution in [3.63, 3.8) is 0 Å². The maximum absolute atomic E-state index is 12.8. The van der Waals surface area contributed by atoms with Crippen LogP contribution in [-0.4, -0.2) is 41.6 Å². The minimum Gasteiger partial charge on any atom is -0.456 e. The molecule has 6 rings (SSSR count). The predicted octanol–water partition coefficient (Wildman–Crippen LogP) is 2.23. The van der Waals surface area contributed by atoms with Crippen molar-refractivity contribution in [3.05, 3.63) is 46.5 Å². The topological polar surface area (TPSA) is 80.8 Å². The number of ether oxygens (including phenoxy) is 1. The molecule has 2 bridgehead atoms. The van der Waals surface area contributed by atoms with Crippen molar-refractivity contribution in [2.75, 3.05) is 13.2 Å². The van der Waals surface area contributed by atoms with Gasteiger partial charge in [0.15, 0.2) is 12.4 Å². The summed E-state index contributed by atoms with van der Waals surface area (Å²) in [5.41, 5.74) is 0.428. The van der Waals surface area contributed by atoms with Gasteiger partial charge in [0.1, 0.15) is 6.54 Å². The molecule has 144 valence electrons. The zero-order valence-electron chi connectivity index (χ0n) is 14.9. The zero-order valence-corrected chi connectivity index (χ0v) is 16.5. The first kappa shape index (κ1) is 17.8. The number of hydrogen-bond acceptors (Lipinski definition) is 5. The fraction of sp³-hybridized carbons (Fsp3) is 0.429. The Balaban J connectivity index is 1.21. The molecule has 1 aliphatic heterocycles. The maximum Gasteiger partial charge on any atom is 0.326 e. The number of allylic oxidation sites excluding steroid dienone is 2. The molecule has 4 aliphatic carbocycles. The number of halogens is 1. The van der Waals surface area contributed by atoms with Gasteiger partial charge in [0.25, 0.3) is 0 Å². The third-order valence-corrected chi connectivity index (χ3v) is 7.10. The molecular weight excluding hydrogens is 426 g/mol. The zero-order chi connectivity index (χ0) is 19.6. The van der Waals surface area contributed by atoms with E-state index in [0.29, 0.717) is 17.4 Å². The Morgan fingerprint density at radius 3 is 2.14 bits per heavy atom. The Bertz CT molecular complexity index is 887. The van der Waals surface area contributed by atoms with E-state index in [9.17, 15) is 19.2 Å². The highest BCUT2D eigenvalue weighted by Gasteiger charge is 2.67. The Labute approximate surface area is 170 Å². The van der Waals surface area contributed by atoms with E-state index in [0.717, 1.165) is 15.8 Å². The van der Waals surface area contributed by atoms with Gasteiger partial charge in [0, 0.05) is 10.0 Å². The number of benzene rings is 1. The van der Waals surface area contributed by atoms with Crippen LogP contribution in [-0.2, 0) is 19.1 Å². The fourth-order valence-electron chi connectivity index (χ4n) is 5.21. The van der Waals surface area contributed by atoms with Crippen LogP contribution in [0.4, 0.5) is 0 Å². The molecule has 1 aromatic rings. The molecule has 5 aliphatic rings. The molecular formula is C21H18BrNO5. The second kappa shape index (κ2) is 6.37. The van der Waals surface area contributed by atoms with Crippen molar-refractivity contribution in [2.45, 2.75) is 6.42 Å². The normalized spacial score (nSPS) is 34.2. The summed E-state index contributed by atoms with van der Waals surface area (Å²) in [5, 5.41) is 0. The van der Waals surface area contributed by atoms with E-state index in [1.54, 1.807) is 24.3 Å². The molecule has 7 heteroatoms. The van der Waals surface area contributed by atoms with Gasteiger partial charge >= 0.3 is 5.97 Å². The summed E-state index contributed by atoms with van der Waals surface area (Å²) in [4.78, 5) is 51.0. The van der Waals surface area contributed by atoms with Crippen LogP contribution in [0.5, 0.6) is 0 Å². The second-order valence-electron chi connectivity index (χ2n) is 8.01. The van der Waals surface area contributed by atoms with Gasteiger partial charge in [-0.05, 0) is 42.2 Å². The SMILES string of the molecule is O=C(CN1C(=O)[C@@H]2[C@H]3C=C[C@@H]([C@@H]4C[C@H]34)[C@H]2C1=O)OCC(=O)c1ccc(Br)cc1. The minimum atomic E-state index is -0.740. The lowest BCUT2D eigenvalue weighted by Gasteiger charge is -2.37. The van der Waals surface area contributed by atoms with E-state index in [2.05, 4.69) is 28.1 Å². The minimum absolute atomic E-state index is 0.122. The average molecular weight is 444 g/mol. The summed E-state index contributed by atoms with van der Waals surface area (Å²) in [6.45, 7) is -0.840. The quantitative estimate of drug-likeness (QED) is 0.301. The Morgan fingerprint density at radius 2 is 1.57 bits per heavy atom. The average Bonchev–Trinajstić information content (AvgIpc) is 3.48. The number of hydrogen-bond donors (Lipinski definition) is 0. The predicted molar refractivity (Wildman–Crippen MR) is 101 cm³/mol. The van der Waals surface area contributed by atoms with Gasteiger partial charge in [0.05, 0.1) is 11.8 Å². The number of likely N-dealkylation sites (tertiary alicyclic amines) is 1. The fourth-order valence-corrected chi connectivity index (χ4v) is 5.48. The standard InChI is InChI=1S/C21H18BrNO5/c22-11-3-1-10(2-4-11)16(24)9-28-17(25)8-23-20(26)18-12-5-6-13(15-7-14(12)15)19(18)21(23)27/h1-6,12-15,18-19H,7-9H2/t12-,13-,14-,15+,18+,19+/m0/s1. The molecule has 1 heterocycles. The van der Waals surface area contributed by atoms with Crippen molar-refractivity contribution < 1.29 is 23.9 Å². The highest BCUT2D eigenvalue weighted by Crippen LogP contribution is 2.65. The number of ketones is 1. The third-order valence-electron chi connectivity index (χ3n) is 6.57. The molecule has 0 radical (unpaired) electrons. The lowest BCUT2D eigenvalue weighted by molar-refractivity contribution is -0.152. The van der Waals surface area contributed by atoms with Gasteiger partial charge in [-0.2, -0.15) is 0 Å². The molecule has 0 unspecified atom stereocenters. The van der Waals surface area contributed by atoms with Gasteiger partial charge in [-0.1, -0.05) is 40.2 Å². The van der Waals surface area contributed by atoms with Crippen LogP contribution < -0.4 is 0 Å². The van der Waals surface area contributed by atoms with E-state index in [1.807, 2.05) is 0 Å². The van der Waals surface area contributed by atoms with Crippen LogP contribution in [0.25, 0.3) is 0 Å². The molecule has 28 heavy (non-hydrogen) atoms. The van der Waals surface area contributed by atoms with E-state index >= 15 is 0 Å². The van der Waals surface area contributed by atoms with Crippen molar-refractivity contribution in [1.29, 1.82) is 0 Å². The number of amides is 2. The van der Waals surface area contributed by atoms with Crippen LogP contribution in [0.15, 0.2) is 40.9 Å². The maximum atomic E-state index is 12.8. The van der Waals surface area contributed by atoms with Crippen molar-refractivity contribution in [1.82, 2.24) is 4.90 Å². The summed E-state index contributed by atoms with van der Waals surface area (Å²) in [7, 11) is 0. The molecule has 2 saturated carbocycles. The van der Waals surface area contributed by atoms with E-state index in [4.69, 9.17) is 4.74 Å². The number of imide groups is 1. The number of rotatable bonds is 5. The molecule has 0 aromatic heterocycles. The van der Waals surface area contributed by atoms with Crippen LogP contribution in [0.1, 0.15) is 16.8 Å². The first-order valence-corrected chi connectivity index (χ1v) is 10.2. The highest BCUT2D eigenvalue weighted by molar-refractivity contribution is 9.10. The van der Waals surface area contributed by atoms with Crippen LogP contribution in [0.3, 0.4) is 0 Å². The van der Waals surface area contributed by atoms with Crippen LogP contribution >= 0.6 is 15.9 Å². The Morgan fingerprint density at radius 1 is 1.00 bits per heavy atom. The Hall–Kier alpha value is -2.28. The smallest absolute Gasteiger partial charge is 0.326 e. The second-order valence-corrected chi connectivity index (χ2v) is 8.92. The van der Waals surface area contributed by atoms with Crippen molar-refractivity contribution in [3.8, 4) is 0 Å². The number of carbonyl (C=O) groups is 4. The van der Waals surface area contributed by atoms with Gasteiger partial charge in [-0.25, -0.2) is 0 Å². The Kier molecular flexibility index (Phi) is 4.05. The largest absolute Gasteiger partial charge is 0.456 e. The summed E-state index contributed by atoms with van der Waals surface area (Å²) in [6, 6.07) is 6.72. The summed E-state index contributed by atoms with van der Waals surface area (Å²) in [5.74, 6) is -0.995. The molecule has 0 spiro atoms. The lowest BCUT2D eigenvalue weighted by Crippen LogP contribution is -2.40. The molecule has 3 fully saturated rings. The van der Waals surface area contributed by atoms with Crippen molar-refractivity contribution in [2.24, 2.45) is 35.5 Å². The number of Topliss-reactive ketones (excluding diaryl/α,β-unsaturated/α-hetero) is 1. The number of carbonyl (C=O) groups excluding carboxylic acids is 4. The molecule has 1 saturated heterocycles. The number of esters is 1. The molecule has 0 N–H and O–H groups in total. The van der Waals surface area contributed by atoms with E-state index < -0.39 is 19.1 Å². The first-order valence-electron chi connectivity index (χ1n) is 9.43. The molecule has 2 amide bonds. The van der Waals surface area contributed by atoms with E-state index in [1.165, 1.54) is 0 Å².